The number of nitro benzene ring substituents is 1. The van der Waals surface area contributed by atoms with Gasteiger partial charge in [-0.05, 0) is 32.0 Å². The van der Waals surface area contributed by atoms with E-state index in [0.717, 1.165) is 51.3 Å². The van der Waals surface area contributed by atoms with Gasteiger partial charge in [-0.25, -0.2) is 0 Å². The number of piperazine rings is 1. The van der Waals surface area contributed by atoms with Crippen molar-refractivity contribution in [3.63, 3.8) is 0 Å². The van der Waals surface area contributed by atoms with Crippen molar-refractivity contribution in [1.82, 2.24) is 9.80 Å². The van der Waals surface area contributed by atoms with Crippen LogP contribution >= 0.6 is 0 Å². The van der Waals surface area contributed by atoms with Gasteiger partial charge < -0.3 is 14.7 Å². The Balaban J connectivity index is 1.72. The standard InChI is InChI=1S/C16H22N4O3/c1-17-9-11-18(12-10-17)16(21)15-3-2-8-19(15)13-4-6-14(7-5-13)20(22)23/h4-7,15H,2-3,8-12H2,1H3. The second-order valence-corrected chi connectivity index (χ2v) is 6.25. The van der Waals surface area contributed by atoms with E-state index >= 15 is 0 Å². The molecule has 2 heterocycles. The first kappa shape index (κ1) is 15.7. The van der Waals surface area contributed by atoms with Gasteiger partial charge in [0.15, 0.2) is 0 Å². The molecule has 23 heavy (non-hydrogen) atoms. The highest BCUT2D eigenvalue weighted by Crippen LogP contribution is 2.28. The summed E-state index contributed by atoms with van der Waals surface area (Å²) in [4.78, 5) is 29.5. The zero-order valence-electron chi connectivity index (χ0n) is 13.4. The molecule has 0 N–H and O–H groups in total. The number of carbonyl (C=O) groups excluding carboxylic acids is 1. The van der Waals surface area contributed by atoms with Gasteiger partial charge in [0.1, 0.15) is 6.04 Å². The molecular formula is C16H22N4O3. The normalized spacial score (nSPS) is 22.4. The number of carbonyl (C=O) groups is 1. The highest BCUT2D eigenvalue weighted by molar-refractivity contribution is 5.86. The number of nitro groups is 1. The first-order valence-electron chi connectivity index (χ1n) is 8.04. The molecule has 2 aliphatic rings. The summed E-state index contributed by atoms with van der Waals surface area (Å²) in [7, 11) is 2.07. The lowest BCUT2D eigenvalue weighted by Gasteiger charge is -2.36. The summed E-state index contributed by atoms with van der Waals surface area (Å²) in [5, 5.41) is 10.8. The van der Waals surface area contributed by atoms with Crippen LogP contribution in [0.2, 0.25) is 0 Å². The fraction of sp³-hybridized carbons (Fsp3) is 0.562. The monoisotopic (exact) mass is 318 g/mol. The predicted molar refractivity (Wildman–Crippen MR) is 87.5 cm³/mol. The van der Waals surface area contributed by atoms with E-state index in [2.05, 4.69) is 16.8 Å². The van der Waals surface area contributed by atoms with Crippen molar-refractivity contribution in [3.8, 4) is 0 Å². The summed E-state index contributed by atoms with van der Waals surface area (Å²) in [6.45, 7) is 4.20. The highest BCUT2D eigenvalue weighted by atomic mass is 16.6. The minimum atomic E-state index is -0.402. The van der Waals surface area contributed by atoms with E-state index < -0.39 is 4.92 Å². The minimum Gasteiger partial charge on any atom is -0.360 e. The van der Waals surface area contributed by atoms with Crippen LogP contribution in [0.1, 0.15) is 12.8 Å². The fourth-order valence-corrected chi connectivity index (χ4v) is 3.34. The molecule has 7 heteroatoms. The van der Waals surface area contributed by atoms with Gasteiger partial charge in [-0.15, -0.1) is 0 Å². The molecule has 7 nitrogen and oxygen atoms in total. The minimum absolute atomic E-state index is 0.0786. The molecule has 1 unspecified atom stereocenters. The van der Waals surface area contributed by atoms with Crippen molar-refractivity contribution < 1.29 is 9.72 Å². The van der Waals surface area contributed by atoms with Gasteiger partial charge in [0.2, 0.25) is 5.91 Å². The first-order valence-corrected chi connectivity index (χ1v) is 8.04. The summed E-state index contributed by atoms with van der Waals surface area (Å²) in [5.74, 6) is 0.189. The van der Waals surface area contributed by atoms with Gasteiger partial charge in [0, 0.05) is 50.5 Å². The average Bonchev–Trinajstić information content (AvgIpc) is 3.04. The first-order chi connectivity index (χ1) is 11.1. The summed E-state index contributed by atoms with van der Waals surface area (Å²) in [6, 6.07) is 6.36. The SMILES string of the molecule is CN1CCN(C(=O)C2CCCN2c2ccc([N+](=O)[O-])cc2)CC1. The molecule has 0 saturated carbocycles. The third-order valence-electron chi connectivity index (χ3n) is 4.74. The van der Waals surface area contributed by atoms with E-state index in [1.807, 2.05) is 4.90 Å². The Kier molecular flexibility index (Phi) is 4.47. The molecule has 1 aromatic rings. The zero-order valence-corrected chi connectivity index (χ0v) is 13.4. The third kappa shape index (κ3) is 3.29. The molecule has 0 bridgehead atoms. The van der Waals surface area contributed by atoms with Crippen molar-refractivity contribution in [1.29, 1.82) is 0 Å². The topological polar surface area (TPSA) is 69.9 Å². The van der Waals surface area contributed by atoms with Crippen LogP contribution in [0.15, 0.2) is 24.3 Å². The Morgan fingerprint density at radius 1 is 1.13 bits per heavy atom. The van der Waals surface area contributed by atoms with Crippen LogP contribution < -0.4 is 4.90 Å². The number of likely N-dealkylation sites (N-methyl/N-ethyl adjacent to an activating group) is 1. The Morgan fingerprint density at radius 3 is 2.39 bits per heavy atom. The maximum Gasteiger partial charge on any atom is 0.269 e. The van der Waals surface area contributed by atoms with Crippen LogP contribution in [0.5, 0.6) is 0 Å². The smallest absolute Gasteiger partial charge is 0.269 e. The lowest BCUT2D eigenvalue weighted by atomic mass is 10.1. The molecule has 2 saturated heterocycles. The van der Waals surface area contributed by atoms with Gasteiger partial charge in [0.05, 0.1) is 4.92 Å². The molecule has 0 radical (unpaired) electrons. The van der Waals surface area contributed by atoms with Gasteiger partial charge in [0.25, 0.3) is 5.69 Å². The summed E-state index contributed by atoms with van der Waals surface area (Å²) in [6.07, 6.45) is 1.82. The number of amides is 1. The lowest BCUT2D eigenvalue weighted by molar-refractivity contribution is -0.384. The number of hydrogen-bond donors (Lipinski definition) is 0. The number of hydrogen-bond acceptors (Lipinski definition) is 5. The van der Waals surface area contributed by atoms with Crippen molar-refractivity contribution in [2.24, 2.45) is 0 Å². The van der Waals surface area contributed by atoms with Crippen LogP contribution in [0, 0.1) is 10.1 Å². The van der Waals surface area contributed by atoms with Crippen molar-refractivity contribution in [3.05, 3.63) is 34.4 Å². The summed E-state index contributed by atoms with van der Waals surface area (Å²) in [5.41, 5.74) is 0.968. The molecule has 0 aromatic heterocycles. The average molecular weight is 318 g/mol. The van der Waals surface area contributed by atoms with Gasteiger partial charge in [-0.3, -0.25) is 14.9 Å². The van der Waals surface area contributed by atoms with Gasteiger partial charge >= 0.3 is 0 Å². The zero-order chi connectivity index (χ0) is 16.4. The molecule has 1 amide bonds. The molecular weight excluding hydrogens is 296 g/mol. The maximum atomic E-state index is 12.8. The van der Waals surface area contributed by atoms with Crippen LogP contribution in [0.4, 0.5) is 11.4 Å². The molecule has 124 valence electrons. The number of nitrogens with zero attached hydrogens (tertiary/aromatic N) is 4. The Bertz CT molecular complexity index is 581. The van der Waals surface area contributed by atoms with Crippen molar-refractivity contribution in [2.45, 2.75) is 18.9 Å². The summed E-state index contributed by atoms with van der Waals surface area (Å²) >= 11 is 0. The molecule has 0 spiro atoms. The third-order valence-corrected chi connectivity index (χ3v) is 4.74. The maximum absolute atomic E-state index is 12.8. The van der Waals surface area contributed by atoms with Crippen LogP contribution in [0.3, 0.4) is 0 Å². The lowest BCUT2D eigenvalue weighted by Crippen LogP contribution is -2.52. The highest BCUT2D eigenvalue weighted by Gasteiger charge is 2.34. The number of rotatable bonds is 3. The van der Waals surface area contributed by atoms with E-state index in [1.165, 1.54) is 12.1 Å². The second-order valence-electron chi connectivity index (χ2n) is 6.25. The number of non-ortho nitro benzene ring substituents is 1. The van der Waals surface area contributed by atoms with Crippen LogP contribution in [-0.4, -0.2) is 66.4 Å². The molecule has 2 aliphatic heterocycles. The Morgan fingerprint density at radius 2 is 1.78 bits per heavy atom. The largest absolute Gasteiger partial charge is 0.360 e. The molecule has 1 aromatic carbocycles. The number of anilines is 1. The van der Waals surface area contributed by atoms with Crippen molar-refractivity contribution >= 4 is 17.3 Å². The van der Waals surface area contributed by atoms with Crippen LogP contribution in [-0.2, 0) is 4.79 Å². The van der Waals surface area contributed by atoms with E-state index in [-0.39, 0.29) is 17.6 Å². The fourth-order valence-electron chi connectivity index (χ4n) is 3.34. The molecule has 3 rings (SSSR count). The summed E-state index contributed by atoms with van der Waals surface area (Å²) < 4.78 is 0. The Labute approximate surface area is 135 Å². The quantitative estimate of drug-likeness (QED) is 0.621. The van der Waals surface area contributed by atoms with Gasteiger partial charge in [-0.2, -0.15) is 0 Å². The van der Waals surface area contributed by atoms with Crippen LogP contribution in [0.25, 0.3) is 0 Å². The second kappa shape index (κ2) is 6.54. The number of benzene rings is 1. The van der Waals surface area contributed by atoms with E-state index in [1.54, 1.807) is 12.1 Å². The van der Waals surface area contributed by atoms with E-state index in [9.17, 15) is 14.9 Å². The van der Waals surface area contributed by atoms with E-state index in [0.29, 0.717) is 0 Å². The van der Waals surface area contributed by atoms with Crippen molar-refractivity contribution in [2.75, 3.05) is 44.7 Å². The Hall–Kier alpha value is -2.15. The molecule has 2 fully saturated rings. The molecule has 0 aliphatic carbocycles. The van der Waals surface area contributed by atoms with Gasteiger partial charge in [-0.1, -0.05) is 0 Å². The predicted octanol–water partition coefficient (Wildman–Crippen LogP) is 1.34. The van der Waals surface area contributed by atoms with E-state index in [4.69, 9.17) is 0 Å². The molecule has 1 atom stereocenters.